The van der Waals surface area contributed by atoms with Gasteiger partial charge in [-0.2, -0.15) is 13.2 Å². The van der Waals surface area contributed by atoms with Crippen molar-refractivity contribution >= 4 is 5.91 Å². The number of halogens is 5. The van der Waals surface area contributed by atoms with Gasteiger partial charge in [-0.15, -0.1) is 0 Å². The number of methoxy groups -OCH3 is 2. The first-order valence-corrected chi connectivity index (χ1v) is 8.48. The Morgan fingerprint density at radius 3 is 2.04 bits per heavy atom. The van der Waals surface area contributed by atoms with E-state index in [1.54, 1.807) is 0 Å². The summed E-state index contributed by atoms with van der Waals surface area (Å²) < 4.78 is 89.3. The van der Waals surface area contributed by atoms with Crippen molar-refractivity contribution in [3.05, 3.63) is 0 Å². The molecule has 2 heterocycles. The van der Waals surface area contributed by atoms with E-state index in [9.17, 15) is 26.7 Å². The molecule has 1 aliphatic carbocycles. The number of hydrogen-bond acceptors (Lipinski definition) is 5. The molecule has 11 heteroatoms. The Morgan fingerprint density at radius 2 is 1.63 bits per heavy atom. The van der Waals surface area contributed by atoms with Crippen LogP contribution < -0.4 is 0 Å². The van der Waals surface area contributed by atoms with Gasteiger partial charge in [-0.25, -0.2) is 8.78 Å². The van der Waals surface area contributed by atoms with Crippen molar-refractivity contribution in [2.45, 2.75) is 68.6 Å². The van der Waals surface area contributed by atoms with Crippen LogP contribution in [0.25, 0.3) is 0 Å². The number of nitrogens with zero attached hydrogens (tertiary/aromatic N) is 1. The first kappa shape index (κ1) is 20.7. The zero-order valence-electron chi connectivity index (χ0n) is 15.3. The van der Waals surface area contributed by atoms with Crippen molar-refractivity contribution in [1.82, 2.24) is 4.90 Å². The van der Waals surface area contributed by atoms with E-state index in [1.807, 2.05) is 0 Å². The molecule has 156 valence electrons. The minimum absolute atomic E-state index is 0.0433. The number of piperidine rings is 1. The first-order valence-electron chi connectivity index (χ1n) is 8.48. The second kappa shape index (κ2) is 6.23. The summed E-state index contributed by atoms with van der Waals surface area (Å²) in [4.78, 5) is 12.4. The van der Waals surface area contributed by atoms with Gasteiger partial charge in [-0.1, -0.05) is 0 Å². The number of carbonyl (C=O) groups is 1. The van der Waals surface area contributed by atoms with Gasteiger partial charge in [0.2, 0.25) is 18.0 Å². The highest BCUT2D eigenvalue weighted by Crippen LogP contribution is 2.58. The fraction of sp³-hybridized carbons (Fsp3) is 0.938. The lowest BCUT2D eigenvalue weighted by atomic mass is 9.81. The van der Waals surface area contributed by atoms with Crippen molar-refractivity contribution in [2.24, 2.45) is 5.92 Å². The van der Waals surface area contributed by atoms with Gasteiger partial charge in [0.25, 0.3) is 0 Å². The van der Waals surface area contributed by atoms with Crippen LogP contribution in [-0.4, -0.2) is 73.5 Å². The molecule has 2 saturated heterocycles. The zero-order valence-corrected chi connectivity index (χ0v) is 15.3. The van der Waals surface area contributed by atoms with Crippen molar-refractivity contribution in [2.75, 3.05) is 20.8 Å². The Morgan fingerprint density at radius 1 is 1.11 bits per heavy atom. The highest BCUT2D eigenvalue weighted by Gasteiger charge is 2.71. The van der Waals surface area contributed by atoms with E-state index < -0.39 is 60.3 Å². The van der Waals surface area contributed by atoms with Gasteiger partial charge in [-0.3, -0.25) is 4.79 Å². The lowest BCUT2D eigenvalue weighted by Gasteiger charge is -2.58. The zero-order chi connectivity index (χ0) is 20.4. The summed E-state index contributed by atoms with van der Waals surface area (Å²) in [6.45, 7) is 2.36. The van der Waals surface area contributed by atoms with Crippen molar-refractivity contribution < 1.29 is 45.7 Å². The number of likely N-dealkylation sites (tertiary alicyclic amines) is 1. The minimum atomic E-state index is -5.17. The monoisotopic (exact) mass is 403 g/mol. The summed E-state index contributed by atoms with van der Waals surface area (Å²) >= 11 is 0. The summed E-state index contributed by atoms with van der Waals surface area (Å²) in [5.41, 5.74) is -1.60. The number of rotatable bonds is 3. The summed E-state index contributed by atoms with van der Waals surface area (Å²) in [5.74, 6) is -6.93. The molecule has 0 bridgehead atoms. The molecule has 0 aromatic carbocycles. The highest BCUT2D eigenvalue weighted by atomic mass is 19.4. The Bertz CT molecular complexity index is 612. The van der Waals surface area contributed by atoms with Gasteiger partial charge in [0.15, 0.2) is 0 Å². The van der Waals surface area contributed by atoms with Crippen LogP contribution >= 0.6 is 0 Å². The molecular weight excluding hydrogens is 381 g/mol. The third-order valence-corrected chi connectivity index (χ3v) is 6.10. The van der Waals surface area contributed by atoms with Crippen molar-refractivity contribution in [3.63, 3.8) is 0 Å². The molecule has 1 saturated carbocycles. The van der Waals surface area contributed by atoms with Crippen molar-refractivity contribution in [3.8, 4) is 0 Å². The Hall–Kier alpha value is -1.04. The van der Waals surface area contributed by atoms with E-state index in [2.05, 4.69) is 0 Å². The fourth-order valence-corrected chi connectivity index (χ4v) is 4.21. The summed E-state index contributed by atoms with van der Waals surface area (Å²) in [7, 11) is 2.56. The van der Waals surface area contributed by atoms with E-state index in [0.29, 0.717) is 4.90 Å². The van der Waals surface area contributed by atoms with Crippen LogP contribution in [0.4, 0.5) is 22.0 Å². The number of carbonyl (C=O) groups excluding carboxylic acids is 1. The Labute approximate surface area is 152 Å². The number of fused-ring (bicyclic) bond motifs is 1. The van der Waals surface area contributed by atoms with Gasteiger partial charge in [-0.05, 0) is 26.7 Å². The number of hydrogen-bond donors (Lipinski definition) is 0. The molecule has 3 rings (SSSR count). The number of ether oxygens (including phenoxy) is 4. The molecular formula is C16H22F5NO5. The van der Waals surface area contributed by atoms with Crippen LogP contribution in [0, 0.1) is 5.92 Å². The predicted octanol–water partition coefficient (Wildman–Crippen LogP) is 2.31. The lowest BCUT2D eigenvalue weighted by molar-refractivity contribution is -0.461. The van der Waals surface area contributed by atoms with Gasteiger partial charge in [0.05, 0.1) is 24.1 Å². The molecule has 0 aromatic heterocycles. The third kappa shape index (κ3) is 2.93. The quantitative estimate of drug-likeness (QED) is 0.677. The molecule has 1 amide bonds. The van der Waals surface area contributed by atoms with E-state index in [4.69, 9.17) is 18.9 Å². The average molecular weight is 403 g/mol. The SMILES string of the molecule is CO[C@@]1(C)O[C@@H]2[C@@H](C(F)F)C3(CC3)N(C(=O)C(F)(F)F)C[C@H]2O[C@]1(C)OC. The second-order valence-corrected chi connectivity index (χ2v) is 7.42. The van der Waals surface area contributed by atoms with Gasteiger partial charge >= 0.3 is 12.1 Å². The highest BCUT2D eigenvalue weighted by molar-refractivity contribution is 5.83. The van der Waals surface area contributed by atoms with Gasteiger partial charge in [0, 0.05) is 14.2 Å². The maximum Gasteiger partial charge on any atom is 0.471 e. The molecule has 3 fully saturated rings. The van der Waals surface area contributed by atoms with Crippen LogP contribution in [0.5, 0.6) is 0 Å². The normalized spacial score (nSPS) is 41.0. The summed E-state index contributed by atoms with van der Waals surface area (Å²) in [5, 5.41) is 0. The largest absolute Gasteiger partial charge is 0.471 e. The standard InChI is InChI=1S/C16H22F5NO5/c1-13(24-3)14(2,25-4)27-10-8(26-13)7-22(12(23)16(19,20)21)15(5-6-15)9(10)11(17)18/h8-11H,5-7H2,1-4H3/t8-,9+,10+,13+,14+/m1/s1. The lowest BCUT2D eigenvalue weighted by Crippen LogP contribution is -2.74. The van der Waals surface area contributed by atoms with E-state index in [-0.39, 0.29) is 12.8 Å². The molecule has 0 unspecified atom stereocenters. The van der Waals surface area contributed by atoms with Crippen LogP contribution in [0.15, 0.2) is 0 Å². The van der Waals surface area contributed by atoms with Crippen LogP contribution in [0.3, 0.4) is 0 Å². The van der Waals surface area contributed by atoms with Gasteiger partial charge in [0.1, 0.15) is 6.10 Å². The summed E-state index contributed by atoms with van der Waals surface area (Å²) in [6.07, 6.45) is -10.6. The summed E-state index contributed by atoms with van der Waals surface area (Å²) in [6, 6.07) is 0. The average Bonchev–Trinajstić information content (AvgIpc) is 3.35. The molecule has 0 radical (unpaired) electrons. The minimum Gasteiger partial charge on any atom is -0.349 e. The van der Waals surface area contributed by atoms with Crippen molar-refractivity contribution in [1.29, 1.82) is 0 Å². The molecule has 2 aliphatic heterocycles. The molecule has 0 N–H and O–H groups in total. The van der Waals surface area contributed by atoms with Gasteiger partial charge < -0.3 is 23.8 Å². The van der Waals surface area contributed by atoms with E-state index in [0.717, 1.165) is 0 Å². The molecule has 27 heavy (non-hydrogen) atoms. The third-order valence-electron chi connectivity index (χ3n) is 6.10. The van der Waals surface area contributed by atoms with Crippen LogP contribution in [0.1, 0.15) is 26.7 Å². The van der Waals surface area contributed by atoms with E-state index in [1.165, 1.54) is 28.1 Å². The Kier molecular flexibility index (Phi) is 4.77. The maximum absolute atomic E-state index is 14.0. The Balaban J connectivity index is 2.02. The number of alkyl halides is 5. The number of amides is 1. The molecule has 0 aromatic rings. The van der Waals surface area contributed by atoms with Crippen LogP contribution in [-0.2, 0) is 23.7 Å². The smallest absolute Gasteiger partial charge is 0.349 e. The molecule has 6 nitrogen and oxygen atoms in total. The van der Waals surface area contributed by atoms with E-state index >= 15 is 0 Å². The fourth-order valence-electron chi connectivity index (χ4n) is 4.21. The second-order valence-electron chi connectivity index (χ2n) is 7.42. The van der Waals surface area contributed by atoms with Crippen LogP contribution in [0.2, 0.25) is 0 Å². The predicted molar refractivity (Wildman–Crippen MR) is 79.8 cm³/mol. The molecule has 1 spiro atoms. The molecule has 5 atom stereocenters. The topological polar surface area (TPSA) is 57.2 Å². The molecule has 3 aliphatic rings. The maximum atomic E-state index is 14.0. The first-order chi connectivity index (χ1) is 12.3.